The van der Waals surface area contributed by atoms with E-state index in [1.807, 2.05) is 0 Å². The summed E-state index contributed by atoms with van der Waals surface area (Å²) in [6.07, 6.45) is -9.05. The van der Waals surface area contributed by atoms with Gasteiger partial charge in [-0.25, -0.2) is 0 Å². The fourth-order valence-electron chi connectivity index (χ4n) is 3.00. The molecule has 0 aliphatic rings. The van der Waals surface area contributed by atoms with E-state index < -0.39 is 47.5 Å². The summed E-state index contributed by atoms with van der Waals surface area (Å²) in [5.74, 6) is -3.70. The molecule has 2 aromatic carbocycles. The molecule has 3 nitrogen and oxygen atoms in total. The van der Waals surface area contributed by atoms with E-state index in [0.29, 0.717) is 12.1 Å². The minimum Gasteiger partial charge on any atom is -0.359 e. The van der Waals surface area contributed by atoms with Crippen LogP contribution in [0.1, 0.15) is 45.8 Å². The molecule has 0 radical (unpaired) electrons. The van der Waals surface area contributed by atoms with E-state index in [-0.39, 0.29) is 32.6 Å². The molecule has 0 aliphatic carbocycles. The molecule has 184 valence electrons. The minimum atomic E-state index is -4.96. The summed E-state index contributed by atoms with van der Waals surface area (Å²) in [7, 11) is 1.31. The van der Waals surface area contributed by atoms with Crippen LogP contribution in [-0.4, -0.2) is 24.9 Å². The monoisotopic (exact) mass is 545 g/mol. The number of amides is 1. The maximum absolute atomic E-state index is 13.7. The number of ketones is 1. The smallest absolute Gasteiger partial charge is 0.359 e. The second-order valence-corrected chi connectivity index (χ2v) is 8.27. The first kappa shape index (κ1) is 28.0. The standard InChI is InChI=1S/C22H16Cl3F6NO2/c1-32-19(34)7-6-18(33)13-4-2-11(8-15(13)22(29,30)31)3-5-14(21(26,27)28)12-9-16(23)20(25)17(24)10-12/h2-5,8-10,14H,6-7H2,1H3,(H,32,34)/b5-3+. The third-order valence-corrected chi connectivity index (χ3v) is 5.90. The predicted octanol–water partition coefficient (Wildman–Crippen LogP) is 7.73. The third-order valence-electron chi connectivity index (χ3n) is 4.71. The highest BCUT2D eigenvalue weighted by Gasteiger charge is 2.40. The summed E-state index contributed by atoms with van der Waals surface area (Å²) in [5.41, 5.74) is -2.59. The molecule has 0 spiro atoms. The molecular weight excluding hydrogens is 531 g/mol. The first-order valence-corrected chi connectivity index (χ1v) is 10.6. The molecule has 0 aliphatic heterocycles. The molecule has 1 N–H and O–H groups in total. The normalized spacial score (nSPS) is 13.2. The third kappa shape index (κ3) is 7.13. The second kappa shape index (κ2) is 11.0. The predicted molar refractivity (Wildman–Crippen MR) is 118 cm³/mol. The molecule has 0 bridgehead atoms. The van der Waals surface area contributed by atoms with E-state index >= 15 is 0 Å². The summed E-state index contributed by atoms with van der Waals surface area (Å²) in [6, 6.07) is 4.45. The van der Waals surface area contributed by atoms with Gasteiger partial charge < -0.3 is 5.32 Å². The molecule has 1 unspecified atom stereocenters. The Hall–Kier alpha value is -2.23. The largest absolute Gasteiger partial charge is 0.417 e. The fourth-order valence-corrected chi connectivity index (χ4v) is 3.61. The molecule has 0 aromatic heterocycles. The van der Waals surface area contributed by atoms with Gasteiger partial charge in [-0.05, 0) is 29.3 Å². The van der Waals surface area contributed by atoms with E-state index in [9.17, 15) is 35.9 Å². The summed E-state index contributed by atoms with van der Waals surface area (Å²) < 4.78 is 81.7. The van der Waals surface area contributed by atoms with Gasteiger partial charge in [-0.1, -0.05) is 59.1 Å². The maximum atomic E-state index is 13.7. The zero-order valence-corrected chi connectivity index (χ0v) is 19.5. The van der Waals surface area contributed by atoms with E-state index in [2.05, 4.69) is 5.32 Å². The van der Waals surface area contributed by atoms with E-state index in [0.717, 1.165) is 30.3 Å². The van der Waals surface area contributed by atoms with Crippen molar-refractivity contribution in [2.24, 2.45) is 0 Å². The second-order valence-electron chi connectivity index (χ2n) is 7.08. The molecule has 0 saturated heterocycles. The lowest BCUT2D eigenvalue weighted by Crippen LogP contribution is -2.20. The van der Waals surface area contributed by atoms with E-state index in [1.54, 1.807) is 0 Å². The zero-order valence-electron chi connectivity index (χ0n) is 17.3. The molecule has 2 rings (SSSR count). The van der Waals surface area contributed by atoms with Crippen LogP contribution in [0.15, 0.2) is 36.4 Å². The number of nitrogens with one attached hydrogen (secondary N) is 1. The van der Waals surface area contributed by atoms with Gasteiger partial charge in [0.25, 0.3) is 0 Å². The lowest BCUT2D eigenvalue weighted by Gasteiger charge is -2.18. The van der Waals surface area contributed by atoms with Gasteiger partial charge in [0.2, 0.25) is 5.91 Å². The van der Waals surface area contributed by atoms with E-state index in [1.165, 1.54) is 7.05 Å². The summed E-state index contributed by atoms with van der Waals surface area (Å²) >= 11 is 17.4. The van der Waals surface area contributed by atoms with Gasteiger partial charge in [0.15, 0.2) is 5.78 Å². The molecule has 12 heteroatoms. The number of hydrogen-bond donors (Lipinski definition) is 1. The Morgan fingerprint density at radius 1 is 0.971 bits per heavy atom. The summed E-state index contributed by atoms with van der Waals surface area (Å²) in [6.45, 7) is 0. The summed E-state index contributed by atoms with van der Waals surface area (Å²) in [5, 5.41) is 1.68. The van der Waals surface area contributed by atoms with Crippen LogP contribution in [0.2, 0.25) is 15.1 Å². The number of hydrogen-bond acceptors (Lipinski definition) is 2. The zero-order chi connectivity index (χ0) is 25.8. The first-order chi connectivity index (χ1) is 15.6. The highest BCUT2D eigenvalue weighted by molar-refractivity contribution is 6.48. The number of allylic oxidation sites excluding steroid dienone is 1. The van der Waals surface area contributed by atoms with Crippen LogP contribution >= 0.6 is 34.8 Å². The van der Waals surface area contributed by atoms with E-state index in [4.69, 9.17) is 34.8 Å². The SMILES string of the molecule is CNC(=O)CCC(=O)c1ccc(/C=C/C(c2cc(Cl)c(Cl)c(Cl)c2)C(F)(F)F)cc1C(F)(F)F. The molecule has 1 atom stereocenters. The van der Waals surface area contributed by atoms with Crippen molar-refractivity contribution in [1.82, 2.24) is 5.32 Å². The van der Waals surface area contributed by atoms with Crippen molar-refractivity contribution in [3.05, 3.63) is 73.7 Å². The van der Waals surface area contributed by atoms with Gasteiger partial charge in [0, 0.05) is 25.5 Å². The molecular formula is C22H16Cl3F6NO2. The van der Waals surface area contributed by atoms with Gasteiger partial charge in [-0.2, -0.15) is 26.3 Å². The van der Waals surface area contributed by atoms with Crippen molar-refractivity contribution in [2.45, 2.75) is 31.1 Å². The van der Waals surface area contributed by atoms with Crippen molar-refractivity contribution >= 4 is 52.6 Å². The van der Waals surface area contributed by atoms with Crippen molar-refractivity contribution in [3.8, 4) is 0 Å². The lowest BCUT2D eigenvalue weighted by molar-refractivity contribution is -0.139. The van der Waals surface area contributed by atoms with Gasteiger partial charge >= 0.3 is 12.4 Å². The van der Waals surface area contributed by atoms with Crippen LogP contribution in [0.5, 0.6) is 0 Å². The van der Waals surface area contributed by atoms with Crippen molar-refractivity contribution in [2.75, 3.05) is 7.05 Å². The Morgan fingerprint density at radius 2 is 1.56 bits per heavy atom. The maximum Gasteiger partial charge on any atom is 0.417 e. The molecule has 1 amide bonds. The van der Waals surface area contributed by atoms with Gasteiger partial charge in [0.05, 0.1) is 26.5 Å². The van der Waals surface area contributed by atoms with Crippen LogP contribution < -0.4 is 5.32 Å². The average Bonchev–Trinajstić information content (AvgIpc) is 2.73. The Bertz CT molecular complexity index is 1090. The molecule has 0 saturated carbocycles. The number of rotatable bonds is 7. The van der Waals surface area contributed by atoms with Crippen molar-refractivity contribution in [3.63, 3.8) is 0 Å². The number of halogens is 9. The van der Waals surface area contributed by atoms with Crippen molar-refractivity contribution < 1.29 is 35.9 Å². The Balaban J connectivity index is 2.45. The van der Waals surface area contributed by atoms with Crippen LogP contribution in [0.3, 0.4) is 0 Å². The highest BCUT2D eigenvalue weighted by Crippen LogP contribution is 2.41. The quantitative estimate of drug-likeness (QED) is 0.219. The average molecular weight is 547 g/mol. The van der Waals surface area contributed by atoms with Crippen LogP contribution in [-0.2, 0) is 11.0 Å². The van der Waals surface area contributed by atoms with Crippen LogP contribution in [0.25, 0.3) is 6.08 Å². The fraction of sp³-hybridized carbons (Fsp3) is 0.273. The topological polar surface area (TPSA) is 46.2 Å². The Labute approximate surface area is 205 Å². The number of carbonyl (C=O) groups excluding carboxylic acids is 2. The number of benzene rings is 2. The number of carbonyl (C=O) groups is 2. The molecule has 34 heavy (non-hydrogen) atoms. The van der Waals surface area contributed by atoms with Gasteiger partial charge in [-0.15, -0.1) is 0 Å². The van der Waals surface area contributed by atoms with Crippen molar-refractivity contribution in [1.29, 1.82) is 0 Å². The molecule has 0 heterocycles. The minimum absolute atomic E-state index is 0.136. The van der Waals surface area contributed by atoms with Gasteiger partial charge in [-0.3, -0.25) is 9.59 Å². The summed E-state index contributed by atoms with van der Waals surface area (Å²) in [4.78, 5) is 23.5. The first-order valence-electron chi connectivity index (χ1n) is 9.49. The molecule has 2 aromatic rings. The Morgan fingerprint density at radius 3 is 2.06 bits per heavy atom. The highest BCUT2D eigenvalue weighted by atomic mass is 35.5. The van der Waals surface area contributed by atoms with Crippen LogP contribution in [0, 0.1) is 0 Å². The van der Waals surface area contributed by atoms with Gasteiger partial charge in [0.1, 0.15) is 0 Å². The van der Waals surface area contributed by atoms with Crippen LogP contribution in [0.4, 0.5) is 26.3 Å². The Kier molecular flexibility index (Phi) is 9.07. The lowest BCUT2D eigenvalue weighted by atomic mass is 9.95. The molecule has 0 fully saturated rings. The number of Topliss-reactive ketones (excluding diaryl/α,β-unsaturated/α-hetero) is 1. The number of alkyl halides is 6.